The third kappa shape index (κ3) is 3.95. The third-order valence-electron chi connectivity index (χ3n) is 5.66. The van der Waals surface area contributed by atoms with Crippen LogP contribution in [0.15, 0.2) is 30.5 Å². The average molecular weight is 394 g/mol. The standard InChI is InChI=1S/C22H26N4O3/c1-3-29-20-7-5-4-6-18(20)22(28)26-10-8-16(13-26)21-23-12-17-14-25(15(2)27)11-9-19(17)24-21/h4-7,12,16H,3,8-11,13-14H2,1-2H3. The van der Waals surface area contributed by atoms with Crippen LogP contribution in [-0.2, 0) is 17.8 Å². The van der Waals surface area contributed by atoms with Crippen LogP contribution in [0.4, 0.5) is 0 Å². The highest BCUT2D eigenvalue weighted by atomic mass is 16.5. The molecular formula is C22H26N4O3. The van der Waals surface area contributed by atoms with Crippen LogP contribution in [0, 0.1) is 0 Å². The summed E-state index contributed by atoms with van der Waals surface area (Å²) < 4.78 is 5.62. The van der Waals surface area contributed by atoms with E-state index in [-0.39, 0.29) is 17.7 Å². The van der Waals surface area contributed by atoms with Gasteiger partial charge in [-0.15, -0.1) is 0 Å². The van der Waals surface area contributed by atoms with E-state index in [2.05, 4.69) is 4.98 Å². The number of rotatable bonds is 4. The molecule has 1 aromatic carbocycles. The highest BCUT2D eigenvalue weighted by Crippen LogP contribution is 2.29. The number of hydrogen-bond donors (Lipinski definition) is 0. The first-order chi connectivity index (χ1) is 14.1. The Bertz CT molecular complexity index is 930. The largest absolute Gasteiger partial charge is 0.493 e. The lowest BCUT2D eigenvalue weighted by Gasteiger charge is -2.27. The minimum absolute atomic E-state index is 0.00777. The first-order valence-electron chi connectivity index (χ1n) is 10.2. The van der Waals surface area contributed by atoms with Crippen molar-refractivity contribution < 1.29 is 14.3 Å². The minimum atomic E-state index is -0.00777. The summed E-state index contributed by atoms with van der Waals surface area (Å²) >= 11 is 0. The Labute approximate surface area is 170 Å². The highest BCUT2D eigenvalue weighted by molar-refractivity contribution is 5.97. The molecule has 1 atom stereocenters. The predicted octanol–water partition coefficient (Wildman–Crippen LogP) is 2.41. The lowest BCUT2D eigenvalue weighted by atomic mass is 10.0. The van der Waals surface area contributed by atoms with Gasteiger partial charge in [0, 0.05) is 57.2 Å². The molecule has 0 radical (unpaired) electrons. The van der Waals surface area contributed by atoms with E-state index >= 15 is 0 Å². The fraction of sp³-hybridized carbons (Fsp3) is 0.455. The molecule has 3 heterocycles. The van der Waals surface area contributed by atoms with E-state index in [9.17, 15) is 9.59 Å². The van der Waals surface area contributed by atoms with Gasteiger partial charge in [0.2, 0.25) is 5.91 Å². The van der Waals surface area contributed by atoms with E-state index in [0.29, 0.717) is 44.1 Å². The van der Waals surface area contributed by atoms with Crippen LogP contribution in [0.25, 0.3) is 0 Å². The molecule has 1 unspecified atom stereocenters. The smallest absolute Gasteiger partial charge is 0.257 e. The van der Waals surface area contributed by atoms with Gasteiger partial charge in [-0.1, -0.05) is 12.1 Å². The number of ether oxygens (including phenoxy) is 1. The Kier molecular flexibility index (Phi) is 5.47. The third-order valence-corrected chi connectivity index (χ3v) is 5.66. The van der Waals surface area contributed by atoms with Crippen LogP contribution >= 0.6 is 0 Å². The fourth-order valence-electron chi connectivity index (χ4n) is 4.05. The van der Waals surface area contributed by atoms with Crippen molar-refractivity contribution in [1.29, 1.82) is 0 Å². The van der Waals surface area contributed by atoms with Gasteiger partial charge in [0.15, 0.2) is 0 Å². The number of carbonyl (C=O) groups is 2. The number of hydrogen-bond acceptors (Lipinski definition) is 5. The summed E-state index contributed by atoms with van der Waals surface area (Å²) in [5.74, 6) is 1.63. The second-order valence-corrected chi connectivity index (χ2v) is 7.56. The molecule has 0 aliphatic carbocycles. The molecule has 0 N–H and O–H groups in total. The van der Waals surface area contributed by atoms with Crippen molar-refractivity contribution in [2.45, 2.75) is 39.2 Å². The van der Waals surface area contributed by atoms with Crippen LogP contribution < -0.4 is 4.74 Å². The Hall–Kier alpha value is -2.96. The van der Waals surface area contributed by atoms with E-state index in [0.717, 1.165) is 29.9 Å². The zero-order valence-corrected chi connectivity index (χ0v) is 16.9. The van der Waals surface area contributed by atoms with Crippen molar-refractivity contribution in [3.05, 3.63) is 53.1 Å². The molecule has 1 fully saturated rings. The molecule has 2 aromatic rings. The normalized spacial score (nSPS) is 18.5. The Morgan fingerprint density at radius 1 is 1.21 bits per heavy atom. The van der Waals surface area contributed by atoms with Crippen molar-refractivity contribution in [2.24, 2.45) is 0 Å². The van der Waals surface area contributed by atoms with Gasteiger partial charge in [-0.2, -0.15) is 0 Å². The van der Waals surface area contributed by atoms with Crippen LogP contribution in [0.2, 0.25) is 0 Å². The lowest BCUT2D eigenvalue weighted by Crippen LogP contribution is -2.35. The number of para-hydroxylation sites is 1. The van der Waals surface area contributed by atoms with E-state index in [1.807, 2.05) is 47.2 Å². The molecule has 4 rings (SSSR count). The highest BCUT2D eigenvalue weighted by Gasteiger charge is 2.31. The number of carbonyl (C=O) groups excluding carboxylic acids is 2. The molecule has 1 aromatic heterocycles. The summed E-state index contributed by atoms with van der Waals surface area (Å²) in [6.45, 7) is 6.60. The molecular weight excluding hydrogens is 368 g/mol. The van der Waals surface area contributed by atoms with Gasteiger partial charge in [0.1, 0.15) is 11.6 Å². The summed E-state index contributed by atoms with van der Waals surface area (Å²) in [6, 6.07) is 7.39. The van der Waals surface area contributed by atoms with Crippen molar-refractivity contribution in [3.8, 4) is 5.75 Å². The second kappa shape index (κ2) is 8.19. The average Bonchev–Trinajstić information content (AvgIpc) is 3.23. The first kappa shape index (κ1) is 19.4. The summed E-state index contributed by atoms with van der Waals surface area (Å²) in [7, 11) is 0. The zero-order valence-electron chi connectivity index (χ0n) is 16.9. The number of amides is 2. The van der Waals surface area contributed by atoms with Crippen LogP contribution in [-0.4, -0.2) is 57.8 Å². The van der Waals surface area contributed by atoms with Gasteiger partial charge in [-0.25, -0.2) is 9.97 Å². The number of likely N-dealkylation sites (tertiary alicyclic amines) is 1. The molecule has 2 aliphatic rings. The topological polar surface area (TPSA) is 75.6 Å². The van der Waals surface area contributed by atoms with Crippen LogP contribution in [0.1, 0.15) is 53.6 Å². The Morgan fingerprint density at radius 2 is 2.03 bits per heavy atom. The van der Waals surface area contributed by atoms with Gasteiger partial charge in [0.05, 0.1) is 17.9 Å². The molecule has 152 valence electrons. The maximum atomic E-state index is 13.0. The fourth-order valence-corrected chi connectivity index (χ4v) is 4.05. The monoisotopic (exact) mass is 394 g/mol. The molecule has 2 aliphatic heterocycles. The van der Waals surface area contributed by atoms with Crippen molar-refractivity contribution in [2.75, 3.05) is 26.2 Å². The number of fused-ring (bicyclic) bond motifs is 1. The van der Waals surface area contributed by atoms with Gasteiger partial charge in [0.25, 0.3) is 5.91 Å². The van der Waals surface area contributed by atoms with E-state index in [4.69, 9.17) is 9.72 Å². The molecule has 0 spiro atoms. The van der Waals surface area contributed by atoms with Crippen molar-refractivity contribution in [3.63, 3.8) is 0 Å². The molecule has 7 nitrogen and oxygen atoms in total. The van der Waals surface area contributed by atoms with Crippen molar-refractivity contribution in [1.82, 2.24) is 19.8 Å². The van der Waals surface area contributed by atoms with Crippen LogP contribution in [0.5, 0.6) is 5.75 Å². The maximum Gasteiger partial charge on any atom is 0.257 e. The Morgan fingerprint density at radius 3 is 2.83 bits per heavy atom. The first-order valence-corrected chi connectivity index (χ1v) is 10.2. The van der Waals surface area contributed by atoms with Crippen molar-refractivity contribution >= 4 is 11.8 Å². The van der Waals surface area contributed by atoms with Crippen LogP contribution in [0.3, 0.4) is 0 Å². The molecule has 29 heavy (non-hydrogen) atoms. The quantitative estimate of drug-likeness (QED) is 0.796. The summed E-state index contributed by atoms with van der Waals surface area (Å²) in [5.41, 5.74) is 2.65. The van der Waals surface area contributed by atoms with E-state index < -0.39 is 0 Å². The van der Waals surface area contributed by atoms with Gasteiger partial charge in [-0.05, 0) is 25.5 Å². The minimum Gasteiger partial charge on any atom is -0.493 e. The van der Waals surface area contributed by atoms with E-state index in [1.54, 1.807) is 6.92 Å². The number of benzene rings is 1. The SMILES string of the molecule is CCOc1ccccc1C(=O)N1CCC(c2ncc3c(n2)CCN(C(C)=O)C3)C1. The zero-order chi connectivity index (χ0) is 20.4. The molecule has 1 saturated heterocycles. The van der Waals surface area contributed by atoms with Gasteiger partial charge >= 0.3 is 0 Å². The molecule has 0 saturated carbocycles. The number of nitrogens with zero attached hydrogens (tertiary/aromatic N) is 4. The van der Waals surface area contributed by atoms with Gasteiger partial charge < -0.3 is 14.5 Å². The van der Waals surface area contributed by atoms with Gasteiger partial charge in [-0.3, -0.25) is 9.59 Å². The predicted molar refractivity (Wildman–Crippen MR) is 108 cm³/mol. The molecule has 2 amide bonds. The summed E-state index contributed by atoms with van der Waals surface area (Å²) in [4.78, 5) is 37.7. The summed E-state index contributed by atoms with van der Waals surface area (Å²) in [5, 5.41) is 0. The lowest BCUT2D eigenvalue weighted by molar-refractivity contribution is -0.129. The second-order valence-electron chi connectivity index (χ2n) is 7.56. The number of aromatic nitrogens is 2. The van der Waals surface area contributed by atoms with E-state index in [1.165, 1.54) is 0 Å². The summed E-state index contributed by atoms with van der Waals surface area (Å²) in [6.07, 6.45) is 3.45. The maximum absolute atomic E-state index is 13.0. The molecule has 7 heteroatoms. The molecule has 0 bridgehead atoms. The Balaban J connectivity index is 1.47.